The van der Waals surface area contributed by atoms with Gasteiger partial charge in [-0.3, -0.25) is 0 Å². The fourth-order valence-corrected chi connectivity index (χ4v) is 1.68. The standard InChI is InChI=1S/C13H14N2O4/c1-7-4-5-8(2)11(9(7)3)18-6-10-14-15-12(19-10)13(16)17/h4-5H,6H2,1-3H3,(H,16,17). The van der Waals surface area contributed by atoms with Crippen molar-refractivity contribution in [3.05, 3.63) is 40.6 Å². The molecule has 0 atom stereocenters. The van der Waals surface area contributed by atoms with Crippen LogP contribution < -0.4 is 4.74 Å². The maximum Gasteiger partial charge on any atom is 0.393 e. The van der Waals surface area contributed by atoms with E-state index in [1.807, 2.05) is 32.9 Å². The fraction of sp³-hybridized carbons (Fsp3) is 0.308. The molecule has 0 aliphatic rings. The maximum absolute atomic E-state index is 10.6. The molecule has 100 valence electrons. The number of benzene rings is 1. The molecule has 0 radical (unpaired) electrons. The zero-order chi connectivity index (χ0) is 14.0. The van der Waals surface area contributed by atoms with Crippen LogP contribution in [0, 0.1) is 20.8 Å². The largest absolute Gasteiger partial charge is 0.483 e. The van der Waals surface area contributed by atoms with Crippen molar-refractivity contribution in [2.24, 2.45) is 0 Å². The molecule has 2 aromatic rings. The highest BCUT2D eigenvalue weighted by atomic mass is 16.5. The summed E-state index contributed by atoms with van der Waals surface area (Å²) in [7, 11) is 0. The Hall–Kier alpha value is -2.37. The molecule has 0 bridgehead atoms. The lowest BCUT2D eigenvalue weighted by Crippen LogP contribution is -2.00. The molecule has 1 heterocycles. The first-order chi connectivity index (χ1) is 8.99. The van der Waals surface area contributed by atoms with Crippen LogP contribution in [0.5, 0.6) is 5.75 Å². The lowest BCUT2D eigenvalue weighted by molar-refractivity contribution is 0.0649. The molecule has 0 amide bonds. The van der Waals surface area contributed by atoms with Gasteiger partial charge < -0.3 is 14.3 Å². The summed E-state index contributed by atoms with van der Waals surface area (Å²) in [5.74, 6) is -0.786. The van der Waals surface area contributed by atoms with E-state index in [0.717, 1.165) is 22.4 Å². The molecule has 2 rings (SSSR count). The number of ether oxygens (including phenoxy) is 1. The summed E-state index contributed by atoms with van der Waals surface area (Å²) in [6.07, 6.45) is 0. The van der Waals surface area contributed by atoms with Crippen molar-refractivity contribution in [1.29, 1.82) is 0 Å². The van der Waals surface area contributed by atoms with Gasteiger partial charge in [-0.1, -0.05) is 12.1 Å². The zero-order valence-electron chi connectivity index (χ0n) is 10.9. The second-order valence-corrected chi connectivity index (χ2v) is 4.25. The van der Waals surface area contributed by atoms with Gasteiger partial charge in [0.2, 0.25) is 0 Å². The van der Waals surface area contributed by atoms with Crippen molar-refractivity contribution in [3.8, 4) is 5.75 Å². The SMILES string of the molecule is Cc1ccc(C)c(OCc2nnc(C(=O)O)o2)c1C. The van der Waals surface area contributed by atoms with Crippen molar-refractivity contribution in [1.82, 2.24) is 10.2 Å². The first kappa shape index (κ1) is 13.1. The van der Waals surface area contributed by atoms with Crippen LogP contribution in [0.1, 0.15) is 33.3 Å². The van der Waals surface area contributed by atoms with Gasteiger partial charge in [0.15, 0.2) is 6.61 Å². The third-order valence-corrected chi connectivity index (χ3v) is 2.86. The number of aryl methyl sites for hydroxylation is 2. The highest BCUT2D eigenvalue weighted by Crippen LogP contribution is 2.26. The van der Waals surface area contributed by atoms with Gasteiger partial charge in [-0.05, 0) is 37.5 Å². The monoisotopic (exact) mass is 262 g/mol. The van der Waals surface area contributed by atoms with E-state index in [9.17, 15) is 4.79 Å². The molecular weight excluding hydrogens is 248 g/mol. The van der Waals surface area contributed by atoms with Crippen molar-refractivity contribution < 1.29 is 19.1 Å². The summed E-state index contributed by atoms with van der Waals surface area (Å²) in [6, 6.07) is 3.99. The normalized spacial score (nSPS) is 10.5. The maximum atomic E-state index is 10.6. The van der Waals surface area contributed by atoms with Crippen LogP contribution in [0.15, 0.2) is 16.5 Å². The van der Waals surface area contributed by atoms with Crippen molar-refractivity contribution in [2.75, 3.05) is 0 Å². The predicted octanol–water partition coefficient (Wildman–Crippen LogP) is 2.27. The van der Waals surface area contributed by atoms with E-state index in [1.165, 1.54) is 0 Å². The Labute approximate surface area is 110 Å². The minimum atomic E-state index is -1.25. The molecule has 1 aromatic heterocycles. The quantitative estimate of drug-likeness (QED) is 0.909. The van der Waals surface area contributed by atoms with Crippen molar-refractivity contribution in [3.63, 3.8) is 0 Å². The van der Waals surface area contributed by atoms with Gasteiger partial charge in [-0.2, -0.15) is 0 Å². The smallest absolute Gasteiger partial charge is 0.393 e. The molecule has 0 spiro atoms. The molecule has 6 nitrogen and oxygen atoms in total. The Morgan fingerprint density at radius 3 is 2.58 bits per heavy atom. The second kappa shape index (κ2) is 5.09. The predicted molar refractivity (Wildman–Crippen MR) is 66.2 cm³/mol. The average Bonchev–Trinajstić information content (AvgIpc) is 2.83. The Kier molecular flexibility index (Phi) is 3.50. The minimum Gasteiger partial charge on any atom is -0.483 e. The van der Waals surface area contributed by atoms with E-state index in [-0.39, 0.29) is 12.5 Å². The summed E-state index contributed by atoms with van der Waals surface area (Å²) in [5, 5.41) is 15.7. The third-order valence-electron chi connectivity index (χ3n) is 2.86. The Bertz CT molecular complexity index is 619. The molecule has 1 N–H and O–H groups in total. The van der Waals surface area contributed by atoms with E-state index >= 15 is 0 Å². The lowest BCUT2D eigenvalue weighted by atomic mass is 10.1. The molecule has 0 aliphatic carbocycles. The summed E-state index contributed by atoms with van der Waals surface area (Å²) in [5.41, 5.74) is 3.16. The molecule has 0 saturated heterocycles. The average molecular weight is 262 g/mol. The molecule has 0 aliphatic heterocycles. The van der Waals surface area contributed by atoms with Gasteiger partial charge >= 0.3 is 11.9 Å². The number of aromatic carboxylic acids is 1. The summed E-state index contributed by atoms with van der Waals surface area (Å²) < 4.78 is 10.6. The molecule has 19 heavy (non-hydrogen) atoms. The molecule has 6 heteroatoms. The van der Waals surface area contributed by atoms with Crippen molar-refractivity contribution >= 4 is 5.97 Å². The number of aromatic nitrogens is 2. The van der Waals surface area contributed by atoms with Crippen LogP contribution >= 0.6 is 0 Å². The lowest BCUT2D eigenvalue weighted by Gasteiger charge is -2.12. The summed E-state index contributed by atoms with van der Waals surface area (Å²) >= 11 is 0. The Morgan fingerprint density at radius 1 is 1.26 bits per heavy atom. The third kappa shape index (κ3) is 2.73. The van der Waals surface area contributed by atoms with Gasteiger partial charge in [0.1, 0.15) is 5.75 Å². The summed E-state index contributed by atoms with van der Waals surface area (Å²) in [4.78, 5) is 10.6. The van der Waals surface area contributed by atoms with Crippen LogP contribution in [0.3, 0.4) is 0 Å². The van der Waals surface area contributed by atoms with Crippen LogP contribution in [-0.2, 0) is 6.61 Å². The number of rotatable bonds is 4. The number of hydrogen-bond donors (Lipinski definition) is 1. The zero-order valence-corrected chi connectivity index (χ0v) is 10.9. The van der Waals surface area contributed by atoms with Gasteiger partial charge in [-0.25, -0.2) is 4.79 Å². The van der Waals surface area contributed by atoms with E-state index < -0.39 is 11.9 Å². The first-order valence-corrected chi connectivity index (χ1v) is 5.74. The molecule has 0 fully saturated rings. The van der Waals surface area contributed by atoms with Crippen molar-refractivity contribution in [2.45, 2.75) is 27.4 Å². The molecule has 0 unspecified atom stereocenters. The van der Waals surface area contributed by atoms with E-state index in [1.54, 1.807) is 0 Å². The number of carboxylic acids is 1. The topological polar surface area (TPSA) is 85.5 Å². The van der Waals surface area contributed by atoms with Crippen LogP contribution in [0.4, 0.5) is 0 Å². The number of hydrogen-bond acceptors (Lipinski definition) is 5. The van der Waals surface area contributed by atoms with Gasteiger partial charge in [0, 0.05) is 0 Å². The van der Waals surface area contributed by atoms with Crippen LogP contribution in [0.2, 0.25) is 0 Å². The highest BCUT2D eigenvalue weighted by Gasteiger charge is 2.14. The molecule has 0 saturated carbocycles. The van der Waals surface area contributed by atoms with Gasteiger partial charge in [0.05, 0.1) is 0 Å². The van der Waals surface area contributed by atoms with Gasteiger partial charge in [0.25, 0.3) is 5.89 Å². The number of nitrogens with zero attached hydrogens (tertiary/aromatic N) is 2. The number of carbonyl (C=O) groups is 1. The Balaban J connectivity index is 2.14. The Morgan fingerprint density at radius 2 is 1.95 bits per heavy atom. The fourth-order valence-electron chi connectivity index (χ4n) is 1.68. The van der Waals surface area contributed by atoms with Crippen LogP contribution in [0.25, 0.3) is 0 Å². The van der Waals surface area contributed by atoms with E-state index in [0.29, 0.717) is 0 Å². The minimum absolute atomic E-state index is 0.0470. The molecular formula is C13H14N2O4. The summed E-state index contributed by atoms with van der Waals surface area (Å²) in [6.45, 7) is 5.95. The first-order valence-electron chi connectivity index (χ1n) is 5.74. The number of carboxylic acid groups (broad SMARTS) is 1. The molecule has 1 aromatic carbocycles. The van der Waals surface area contributed by atoms with E-state index in [4.69, 9.17) is 14.3 Å². The van der Waals surface area contributed by atoms with Crippen LogP contribution in [-0.4, -0.2) is 21.3 Å². The second-order valence-electron chi connectivity index (χ2n) is 4.25. The highest BCUT2D eigenvalue weighted by molar-refractivity contribution is 5.81. The van der Waals surface area contributed by atoms with E-state index in [2.05, 4.69) is 10.2 Å². The van der Waals surface area contributed by atoms with Gasteiger partial charge in [-0.15, -0.1) is 10.2 Å².